The number of allylic oxidation sites excluding steroid dienone is 6. The molecule has 0 rings (SSSR count). The fourth-order valence-electron chi connectivity index (χ4n) is 3.85. The number of terminal acetylenes is 1. The molecule has 0 heterocycles. The van der Waals surface area contributed by atoms with E-state index in [1.165, 1.54) is 36.8 Å². The minimum atomic E-state index is -2.97. The maximum atomic E-state index is 11.0. The van der Waals surface area contributed by atoms with Crippen molar-refractivity contribution in [1.82, 2.24) is 20.9 Å². The van der Waals surface area contributed by atoms with Crippen LogP contribution in [0.25, 0.3) is 0 Å². The molecule has 0 aromatic rings. The number of ketones is 6. The first-order valence-corrected chi connectivity index (χ1v) is 34.3. The maximum absolute atomic E-state index is 11.0. The maximum Gasteiger partial charge on any atom is 0.407 e. The largest absolute Gasteiger partial charge is 0.453 e. The lowest BCUT2D eigenvalue weighted by Crippen LogP contribution is -2.29. The number of hydrogen-bond donors (Lipinski definition) is 5. The molecule has 0 saturated carbocycles. The summed E-state index contributed by atoms with van der Waals surface area (Å²) in [5.41, 5.74) is 10.3. The number of Topliss-reactive ketones (excluding diaryl/α,β-unsaturated/α-hetero) is 3. The number of nitrogens with two attached hydrogens (primary N) is 2. The van der Waals surface area contributed by atoms with E-state index in [4.69, 9.17) is 23.2 Å². The summed E-state index contributed by atoms with van der Waals surface area (Å²) in [6.07, 6.45) is 20.3. The number of nitrogens with zero attached hydrogens (tertiary/aromatic N) is 2. The molecule has 0 atom stereocenters. The monoisotopic (exact) mass is 1380 g/mol. The van der Waals surface area contributed by atoms with Gasteiger partial charge in [-0.3, -0.25) is 38.4 Å². The second kappa shape index (κ2) is 72.4. The lowest BCUT2D eigenvalue weighted by molar-refractivity contribution is -0.118. The number of carbonyl (C=O) groups is 9. The number of rotatable bonds is 23. The fraction of sp³-hybridized carbons (Fsp3) is 0.583. The quantitative estimate of drug-likeness (QED) is 0.0275. The van der Waals surface area contributed by atoms with E-state index in [1.54, 1.807) is 106 Å². The molecule has 7 N–H and O–H groups in total. The molecule has 0 aromatic heterocycles. The Morgan fingerprint density at radius 1 is 0.547 bits per heavy atom. The van der Waals surface area contributed by atoms with Crippen LogP contribution in [0.5, 0.6) is 0 Å². The first-order chi connectivity index (χ1) is 43.4. The van der Waals surface area contributed by atoms with Crippen LogP contribution in [0.15, 0.2) is 96.9 Å². The summed E-state index contributed by atoms with van der Waals surface area (Å²) in [4.78, 5) is 97.5. The number of nitrogens with one attached hydrogen (secondary N) is 3. The molecule has 3 amide bonds. The summed E-state index contributed by atoms with van der Waals surface area (Å²) >= 11 is 0. The number of amides is 3. The first-order valence-electron chi connectivity index (χ1n) is 31.1. The van der Waals surface area contributed by atoms with Crippen molar-refractivity contribution >= 4 is 72.3 Å². The Hall–Kier alpha value is -7.46. The minimum Gasteiger partial charge on any atom is -0.453 e. The fourth-order valence-corrected chi connectivity index (χ4v) is 4.93. The van der Waals surface area contributed by atoms with Crippen LogP contribution in [-0.4, -0.2) is 144 Å². The van der Waals surface area contributed by atoms with E-state index in [-0.39, 0.29) is 122 Å². The Labute approximate surface area is 576 Å². The number of methoxy groups -OCH3 is 1. The van der Waals surface area contributed by atoms with Crippen molar-refractivity contribution in [3.05, 3.63) is 96.9 Å². The summed E-state index contributed by atoms with van der Waals surface area (Å²) in [6, 6.07) is 2.26. The van der Waals surface area contributed by atoms with Crippen LogP contribution in [0.2, 0.25) is 0 Å². The smallest absolute Gasteiger partial charge is 0.407 e. The van der Waals surface area contributed by atoms with Gasteiger partial charge in [-0.15, -0.1) is 6.42 Å². The first kappa shape index (κ1) is 112. The summed E-state index contributed by atoms with van der Waals surface area (Å²) in [5.74, 6) is 7.38. The Morgan fingerprint density at radius 3 is 1.07 bits per heavy atom. The van der Waals surface area contributed by atoms with Crippen molar-refractivity contribution in [2.24, 2.45) is 47.0 Å². The Balaban J connectivity index is -0.0000000911. The molecule has 0 spiro atoms. The molecule has 95 heavy (non-hydrogen) atoms. The molecule has 0 fully saturated rings. The standard InChI is InChI=1S/C9H18N2O.C7H14N2O.C7H9NO.C7H13NO.C7H12O.C7H10O.C6H12O2S.C6H10O.C6H8O.C5H11NO2.C5H10O2S/c1-8(2)10-9(12)6-5-7-11(3)4;1-6(2)9-7(10)4-3-5-8;1-5(2)7(9)6(3)4-8;1-6(2)7(9)4-3-5-8;2*1-4-5-7(8)6(2)3;1-4-5-9(7,8)6(2)3;2*1-4-6(7)5(2)3;1-4(2)6-5(7)8-3;1-4-8(6,7)5(2)3/h5-6,8H,7H2,1-4H3,(H,10,12);3-4,6H,5,8H2,1-2H3,(H,9,10);5H,3H2,1-2H3;3-4,6H,5,8H2,1-2H3;4-6H,1-3H3;6H,1-3H3;4-6H,1-3H3;4-5H,1H2,2-3H3;1,5H,2-3H3;4H,1-3H3,(H,6,7);4-5H,1H2,2-3H3/b6-5+;4-3+;;4-3+;5-4+;;5-4+;;;;. The van der Waals surface area contributed by atoms with Gasteiger partial charge in [0.25, 0.3) is 0 Å². The van der Waals surface area contributed by atoms with Gasteiger partial charge in [-0.25, -0.2) is 21.6 Å². The van der Waals surface area contributed by atoms with Gasteiger partial charge in [0.2, 0.25) is 23.4 Å². The number of carbonyl (C=O) groups excluding carboxylic acids is 9. The van der Waals surface area contributed by atoms with Crippen molar-refractivity contribution in [1.29, 1.82) is 5.26 Å². The number of likely N-dealkylation sites (N-methyl/N-ethyl adjacent to an activating group) is 1. The third kappa shape index (κ3) is 97.8. The van der Waals surface area contributed by atoms with Gasteiger partial charge in [0.1, 0.15) is 6.07 Å². The lowest BCUT2D eigenvalue weighted by Gasteiger charge is -2.05. The van der Waals surface area contributed by atoms with Crippen molar-refractivity contribution < 1.29 is 64.7 Å². The molecular formula is C72H127N7O14S2. The molecule has 0 aromatic carbocycles. The summed E-state index contributed by atoms with van der Waals surface area (Å²) < 4.78 is 47.2. The van der Waals surface area contributed by atoms with Gasteiger partial charge in [-0.05, 0) is 134 Å². The molecule has 0 unspecified atom stereocenters. The van der Waals surface area contributed by atoms with Crippen LogP contribution in [0.1, 0.15) is 173 Å². The van der Waals surface area contributed by atoms with Crippen molar-refractivity contribution in [2.75, 3.05) is 40.8 Å². The topological polar surface area (TPSA) is 346 Å². The molecule has 0 aliphatic rings. The molecule has 21 nitrogen and oxygen atoms in total. The number of hydrogen-bond acceptors (Lipinski definition) is 18. The Bertz CT molecular complexity index is 2720. The van der Waals surface area contributed by atoms with Crippen LogP contribution in [0.4, 0.5) is 4.79 Å². The van der Waals surface area contributed by atoms with E-state index in [2.05, 4.69) is 52.3 Å². The molecule has 0 saturated heterocycles. The van der Waals surface area contributed by atoms with Gasteiger partial charge in [0, 0.05) is 96.2 Å². The van der Waals surface area contributed by atoms with Crippen LogP contribution in [0, 0.1) is 71.0 Å². The second-order valence-electron chi connectivity index (χ2n) is 23.0. The average molecular weight is 1380 g/mol. The SMILES string of the molecule is C#CC(=O)C(C)C.C/C=C/C(=O)C(C)C.C/C=C/S(=O)(=O)C(C)C.C=C(C#N)C(=O)C(C)C.C=CC(=O)C(C)C.C=CS(=O)(=O)C(C)C.CC#CC(=O)C(C)C.CC(C)C(=O)/C=C/CN.CC(C)NC(=O)/C=C/CN.CC(C)NC(=O)/C=C/CN(C)C.COC(=O)NC(C)C. The molecule has 0 aliphatic carbocycles. The summed E-state index contributed by atoms with van der Waals surface area (Å²) in [7, 11) is -0.630. The molecule has 546 valence electrons. The Morgan fingerprint density at radius 2 is 0.916 bits per heavy atom. The van der Waals surface area contributed by atoms with Crippen LogP contribution >= 0.6 is 0 Å². The zero-order valence-corrected chi connectivity index (χ0v) is 64.8. The molecule has 0 aliphatic heterocycles. The van der Waals surface area contributed by atoms with Gasteiger partial charge < -0.3 is 37.1 Å². The number of ether oxygens (including phenoxy) is 1. The minimum absolute atomic E-state index is 0.00926. The van der Waals surface area contributed by atoms with Crippen molar-refractivity contribution in [3.63, 3.8) is 0 Å². The van der Waals surface area contributed by atoms with Gasteiger partial charge in [-0.1, -0.05) is 139 Å². The Kier molecular flexibility index (Phi) is 85.3. The highest BCUT2D eigenvalue weighted by Crippen LogP contribution is 2.03. The van der Waals surface area contributed by atoms with E-state index >= 15 is 0 Å². The number of nitriles is 1. The number of sulfone groups is 2. The van der Waals surface area contributed by atoms with Gasteiger partial charge in [0.05, 0.1) is 23.2 Å². The van der Waals surface area contributed by atoms with Crippen molar-refractivity contribution in [2.45, 2.75) is 202 Å². The van der Waals surface area contributed by atoms with Crippen LogP contribution in [-0.2, 0) is 62.8 Å². The zero-order chi connectivity index (χ0) is 78.0. The highest BCUT2D eigenvalue weighted by atomic mass is 32.2. The van der Waals surface area contributed by atoms with E-state index in [9.17, 15) is 60.0 Å². The highest BCUT2D eigenvalue weighted by Gasteiger charge is 2.11. The molecular weight excluding hydrogens is 1250 g/mol. The van der Waals surface area contributed by atoms with Crippen LogP contribution < -0.4 is 27.4 Å². The predicted octanol–water partition coefficient (Wildman–Crippen LogP) is 11.0. The molecule has 0 radical (unpaired) electrons. The van der Waals surface area contributed by atoms with E-state index in [1.807, 2.05) is 135 Å². The predicted molar refractivity (Wildman–Crippen MR) is 396 cm³/mol. The third-order valence-electron chi connectivity index (χ3n) is 9.52. The normalized spacial score (nSPS) is 10.4. The summed E-state index contributed by atoms with van der Waals surface area (Å²) in [6.45, 7) is 56.6. The van der Waals surface area contributed by atoms with Gasteiger partial charge >= 0.3 is 6.09 Å². The van der Waals surface area contributed by atoms with E-state index in [0.717, 1.165) is 12.0 Å². The third-order valence-corrected chi connectivity index (χ3v) is 13.3. The highest BCUT2D eigenvalue weighted by molar-refractivity contribution is 7.95. The van der Waals surface area contributed by atoms with Gasteiger partial charge in [0.15, 0.2) is 42.8 Å². The number of alkyl carbamates (subject to hydrolysis) is 1. The molecule has 23 heteroatoms. The zero-order valence-electron chi connectivity index (χ0n) is 63.2. The van der Waals surface area contributed by atoms with Crippen LogP contribution in [0.3, 0.4) is 0 Å². The van der Waals surface area contributed by atoms with Crippen molar-refractivity contribution in [3.8, 4) is 30.3 Å². The average Bonchev–Trinajstić information content (AvgIpc) is 1.08. The molecule has 0 bridgehead atoms. The summed E-state index contributed by atoms with van der Waals surface area (Å²) in [5, 5.41) is 17.8. The van der Waals surface area contributed by atoms with E-state index in [0.29, 0.717) is 13.1 Å². The second-order valence-corrected chi connectivity index (χ2v) is 27.9. The van der Waals surface area contributed by atoms with E-state index < -0.39 is 19.7 Å². The van der Waals surface area contributed by atoms with Gasteiger partial charge in [-0.2, -0.15) is 5.26 Å². The lowest BCUT2D eigenvalue weighted by atomic mass is 10.0.